The van der Waals surface area contributed by atoms with Gasteiger partial charge in [-0.25, -0.2) is 0 Å². The second-order valence-electron chi connectivity index (χ2n) is 3.25. The molecule has 10 heavy (non-hydrogen) atoms. The fraction of sp³-hybridized carbons (Fsp3) is 0.857. The van der Waals surface area contributed by atoms with E-state index >= 15 is 0 Å². The van der Waals surface area contributed by atoms with Gasteiger partial charge in [0.1, 0.15) is 0 Å². The molecule has 0 saturated carbocycles. The second kappa shape index (κ2) is 4.23. The first-order chi connectivity index (χ1) is 4.45. The summed E-state index contributed by atoms with van der Waals surface area (Å²) in [6.07, 6.45) is 0. The summed E-state index contributed by atoms with van der Waals surface area (Å²) in [5, 5.41) is 0. The van der Waals surface area contributed by atoms with Crippen LogP contribution in [0.15, 0.2) is 0 Å². The summed E-state index contributed by atoms with van der Waals surface area (Å²) < 4.78 is 5.53. The van der Waals surface area contributed by atoms with Crippen LogP contribution in [0.3, 0.4) is 0 Å². The van der Waals surface area contributed by atoms with Gasteiger partial charge < -0.3 is 0 Å². The molecule has 0 heterocycles. The van der Waals surface area contributed by atoms with Gasteiger partial charge in [-0.15, -0.1) is 0 Å². The van der Waals surface area contributed by atoms with E-state index in [1.807, 2.05) is 6.92 Å². The Morgan fingerprint density at radius 1 is 1.40 bits per heavy atom. The summed E-state index contributed by atoms with van der Waals surface area (Å²) in [4.78, 5) is 17.5. The van der Waals surface area contributed by atoms with Crippen molar-refractivity contribution in [2.24, 2.45) is 0 Å². The Morgan fingerprint density at radius 3 is 2.20 bits per heavy atom. The molecule has 0 atom stereocenters. The van der Waals surface area contributed by atoms with Crippen LogP contribution >= 0.6 is 0 Å². The van der Waals surface area contributed by atoms with Crippen molar-refractivity contribution in [3.05, 3.63) is 0 Å². The Labute approximate surface area is 66.9 Å². The summed E-state index contributed by atoms with van der Waals surface area (Å²) >= 11 is -1.80. The number of ether oxygens (including phenoxy) is 1. The molecule has 0 aromatic heterocycles. The Bertz CT molecular complexity index is 115. The molecule has 0 aliphatic carbocycles. The van der Waals surface area contributed by atoms with Gasteiger partial charge in [-0.2, -0.15) is 0 Å². The SMILES string of the molecule is CCOC(=O)[CH2][Sb+]([CH3])([CH3])[CH3]. The summed E-state index contributed by atoms with van der Waals surface area (Å²) in [5.41, 5.74) is 0. The zero-order valence-electron chi connectivity index (χ0n) is 7.18. The van der Waals surface area contributed by atoms with Crippen molar-refractivity contribution in [2.45, 2.75) is 25.9 Å². The number of hydrogen-bond acceptors (Lipinski definition) is 2. The molecule has 0 fully saturated rings. The van der Waals surface area contributed by atoms with Crippen molar-refractivity contribution in [2.75, 3.05) is 6.61 Å². The van der Waals surface area contributed by atoms with Gasteiger partial charge in [-0.3, -0.25) is 0 Å². The van der Waals surface area contributed by atoms with Crippen LogP contribution in [0.5, 0.6) is 0 Å². The van der Waals surface area contributed by atoms with Crippen LogP contribution in [0, 0.1) is 0 Å². The van der Waals surface area contributed by atoms with Crippen molar-refractivity contribution in [3.8, 4) is 0 Å². The fourth-order valence-corrected chi connectivity index (χ4v) is 3.07. The van der Waals surface area contributed by atoms with Gasteiger partial charge in [0, 0.05) is 0 Å². The number of carbonyl (C=O) groups is 1. The summed E-state index contributed by atoms with van der Waals surface area (Å²) in [7, 11) is 0. The topological polar surface area (TPSA) is 26.3 Å². The van der Waals surface area contributed by atoms with E-state index in [-0.39, 0.29) is 5.97 Å². The van der Waals surface area contributed by atoms with Crippen molar-refractivity contribution >= 4 is 24.8 Å². The van der Waals surface area contributed by atoms with E-state index in [1.54, 1.807) is 0 Å². The van der Waals surface area contributed by atoms with Gasteiger partial charge >= 0.3 is 66.8 Å². The molecule has 0 amide bonds. The predicted molar refractivity (Wildman–Crippen MR) is 44.8 cm³/mol. The zero-order valence-corrected chi connectivity index (χ0v) is 9.73. The Kier molecular flexibility index (Phi) is 4.35. The molecule has 60 valence electrons. The second-order valence-corrected chi connectivity index (χ2v) is 17.2. The van der Waals surface area contributed by atoms with E-state index in [4.69, 9.17) is 4.74 Å². The van der Waals surface area contributed by atoms with Crippen molar-refractivity contribution in [1.29, 1.82) is 0 Å². The first-order valence-electron chi connectivity index (χ1n) is 3.42. The predicted octanol–water partition coefficient (Wildman–Crippen LogP) is 1.89. The first kappa shape index (κ1) is 10.3. The normalized spacial score (nSPS) is 11.2. The van der Waals surface area contributed by atoms with Crippen LogP contribution in [0.2, 0.25) is 19.0 Å². The summed E-state index contributed by atoms with van der Waals surface area (Å²) in [6.45, 7) is 2.36. The number of esters is 1. The van der Waals surface area contributed by atoms with Crippen LogP contribution < -0.4 is 0 Å². The van der Waals surface area contributed by atoms with Gasteiger partial charge in [-0.1, -0.05) is 0 Å². The van der Waals surface area contributed by atoms with Gasteiger partial charge in [0.15, 0.2) is 0 Å². The third-order valence-corrected chi connectivity index (χ3v) is 4.35. The number of carbonyl (C=O) groups excluding carboxylic acids is 1. The molecule has 0 spiro atoms. The average molecular weight is 254 g/mol. The van der Waals surface area contributed by atoms with Crippen LogP contribution in [0.1, 0.15) is 6.92 Å². The molecular formula is C7H16O2Sb+. The van der Waals surface area contributed by atoms with E-state index in [0.29, 0.717) is 11.0 Å². The monoisotopic (exact) mass is 253 g/mol. The Hall–Kier alpha value is 0.288. The molecule has 0 aliphatic heterocycles. The van der Waals surface area contributed by atoms with Crippen LogP contribution in [0.25, 0.3) is 0 Å². The molecule has 0 aliphatic rings. The molecule has 0 N–H and O–H groups in total. The van der Waals surface area contributed by atoms with E-state index < -0.39 is 18.8 Å². The summed E-state index contributed by atoms with van der Waals surface area (Å²) in [6, 6.07) is 0. The standard InChI is InChI=1S/C4H7O2.3CH3.Sb/c1-3-6-4(2)5;;;;/h2-3H2,1H3;3*1H3;/q;;;;+1. The Balaban J connectivity index is 3.58. The molecule has 0 bridgehead atoms. The molecule has 0 aromatic rings. The average Bonchev–Trinajstić information content (AvgIpc) is 1.59. The van der Waals surface area contributed by atoms with Gasteiger partial charge in [-0.05, 0) is 0 Å². The van der Waals surface area contributed by atoms with Crippen molar-refractivity contribution < 1.29 is 9.53 Å². The summed E-state index contributed by atoms with van der Waals surface area (Å²) in [5.74, 6) is -0.0130. The minimum absolute atomic E-state index is 0.0130. The van der Waals surface area contributed by atoms with E-state index in [1.165, 1.54) is 0 Å². The zero-order chi connectivity index (χ0) is 8.20. The van der Waals surface area contributed by atoms with Crippen LogP contribution in [-0.4, -0.2) is 31.4 Å². The first-order valence-corrected chi connectivity index (χ1v) is 12.9. The maximum atomic E-state index is 10.9. The quantitative estimate of drug-likeness (QED) is 0.567. The third kappa shape index (κ3) is 6.41. The Morgan fingerprint density at radius 2 is 1.90 bits per heavy atom. The fourth-order valence-electron chi connectivity index (χ4n) is 0.594. The third-order valence-electron chi connectivity index (χ3n) is 0.909. The van der Waals surface area contributed by atoms with Gasteiger partial charge in [0.25, 0.3) is 0 Å². The van der Waals surface area contributed by atoms with Gasteiger partial charge in [0.05, 0.1) is 0 Å². The minimum atomic E-state index is -1.80. The van der Waals surface area contributed by atoms with E-state index in [2.05, 4.69) is 14.6 Å². The van der Waals surface area contributed by atoms with Gasteiger partial charge in [0.2, 0.25) is 0 Å². The number of hydrogen-bond donors (Lipinski definition) is 0. The molecule has 3 heteroatoms. The molecule has 0 saturated heterocycles. The van der Waals surface area contributed by atoms with E-state index in [9.17, 15) is 4.79 Å². The van der Waals surface area contributed by atoms with Crippen molar-refractivity contribution in [1.82, 2.24) is 0 Å². The molecule has 0 unspecified atom stereocenters. The van der Waals surface area contributed by atoms with Crippen LogP contribution in [0.4, 0.5) is 0 Å². The molecule has 0 radical (unpaired) electrons. The van der Waals surface area contributed by atoms with E-state index in [0.717, 1.165) is 0 Å². The molecule has 0 aromatic carbocycles. The van der Waals surface area contributed by atoms with Crippen molar-refractivity contribution in [3.63, 3.8) is 0 Å². The molecular weight excluding hydrogens is 238 g/mol. The molecule has 0 rings (SSSR count). The molecule has 2 nitrogen and oxygen atoms in total. The van der Waals surface area contributed by atoms with Crippen LogP contribution in [-0.2, 0) is 9.53 Å². The number of rotatable bonds is 3. The maximum absolute atomic E-state index is 10.9.